The number of amides is 1. The summed E-state index contributed by atoms with van der Waals surface area (Å²) in [4.78, 5) is 16.8. The van der Waals surface area contributed by atoms with E-state index in [1.165, 1.54) is 0 Å². The number of pyridine rings is 1. The van der Waals surface area contributed by atoms with Gasteiger partial charge in [0.25, 0.3) is 5.91 Å². The van der Waals surface area contributed by atoms with Gasteiger partial charge in [0.2, 0.25) is 10.0 Å². The molecule has 128 valence electrons. The molecular formula is C16H20N4O3S. The Balaban J connectivity index is 1.89. The van der Waals surface area contributed by atoms with Crippen LogP contribution >= 0.6 is 0 Å². The molecule has 1 aliphatic heterocycles. The molecule has 1 fully saturated rings. The van der Waals surface area contributed by atoms with Crippen molar-refractivity contribution < 1.29 is 13.2 Å². The van der Waals surface area contributed by atoms with Crippen LogP contribution in [-0.4, -0.2) is 46.5 Å². The predicted octanol–water partition coefficient (Wildman–Crippen LogP) is 1.09. The average Bonchev–Trinajstić information content (AvgIpc) is 3.37. The molecule has 8 heteroatoms. The van der Waals surface area contributed by atoms with Crippen molar-refractivity contribution in [3.8, 4) is 0 Å². The van der Waals surface area contributed by atoms with Gasteiger partial charge in [-0.25, -0.2) is 13.4 Å². The molecular weight excluding hydrogens is 328 g/mol. The number of nitrogens with one attached hydrogen (secondary N) is 1. The van der Waals surface area contributed by atoms with Gasteiger partial charge in [-0.3, -0.25) is 4.79 Å². The lowest BCUT2D eigenvalue weighted by Crippen LogP contribution is -2.46. The molecule has 7 nitrogen and oxygen atoms in total. The molecule has 0 radical (unpaired) electrons. The van der Waals surface area contributed by atoms with E-state index in [0.717, 1.165) is 29.6 Å². The van der Waals surface area contributed by atoms with E-state index in [2.05, 4.69) is 10.3 Å². The number of rotatable bonds is 3. The number of carbonyl (C=O) groups is 1. The van der Waals surface area contributed by atoms with Crippen molar-refractivity contribution in [1.82, 2.24) is 19.2 Å². The highest BCUT2D eigenvalue weighted by Gasteiger charge is 2.44. The normalized spacial score (nSPS) is 21.7. The van der Waals surface area contributed by atoms with Crippen LogP contribution in [0.2, 0.25) is 0 Å². The summed E-state index contributed by atoms with van der Waals surface area (Å²) in [5.41, 5.74) is 2.00. The van der Waals surface area contributed by atoms with Crippen molar-refractivity contribution >= 4 is 27.0 Å². The highest BCUT2D eigenvalue weighted by atomic mass is 32.2. The minimum atomic E-state index is -3.30. The van der Waals surface area contributed by atoms with Gasteiger partial charge in [-0.1, -0.05) is 0 Å². The third kappa shape index (κ3) is 2.16. The predicted molar refractivity (Wildman–Crippen MR) is 90.1 cm³/mol. The minimum absolute atomic E-state index is 0.154. The Morgan fingerprint density at radius 3 is 2.79 bits per heavy atom. The Morgan fingerprint density at radius 1 is 1.38 bits per heavy atom. The van der Waals surface area contributed by atoms with Crippen LogP contribution in [-0.2, 0) is 23.1 Å². The van der Waals surface area contributed by atoms with Gasteiger partial charge in [0, 0.05) is 36.9 Å². The molecule has 24 heavy (non-hydrogen) atoms. The van der Waals surface area contributed by atoms with E-state index in [-0.39, 0.29) is 23.7 Å². The number of hydrogen-bond donors (Lipinski definition) is 1. The third-order valence-corrected chi connectivity index (χ3v) is 7.35. The molecule has 2 aromatic rings. The van der Waals surface area contributed by atoms with Crippen molar-refractivity contribution in [2.45, 2.75) is 44.1 Å². The number of aromatic nitrogens is 2. The Hall–Kier alpha value is -1.93. The molecule has 4 rings (SSSR count). The highest BCUT2D eigenvalue weighted by molar-refractivity contribution is 7.90. The van der Waals surface area contributed by atoms with E-state index in [0.29, 0.717) is 12.1 Å². The summed E-state index contributed by atoms with van der Waals surface area (Å²) in [5.74, 6) is -0.208. The highest BCUT2D eigenvalue weighted by Crippen LogP contribution is 2.37. The average molecular weight is 348 g/mol. The van der Waals surface area contributed by atoms with Crippen LogP contribution in [0.4, 0.5) is 0 Å². The van der Waals surface area contributed by atoms with Gasteiger partial charge in [0.05, 0.1) is 17.4 Å². The Labute approximate surface area is 140 Å². The zero-order valence-corrected chi connectivity index (χ0v) is 14.5. The van der Waals surface area contributed by atoms with Gasteiger partial charge in [0.15, 0.2) is 0 Å². The number of sulfonamides is 1. The minimum Gasteiger partial charge on any atom is -0.355 e. The summed E-state index contributed by atoms with van der Waals surface area (Å²) in [6.45, 7) is 2.64. The van der Waals surface area contributed by atoms with Gasteiger partial charge < -0.3 is 9.88 Å². The fourth-order valence-corrected chi connectivity index (χ4v) is 5.51. The maximum absolute atomic E-state index is 12.7. The Kier molecular flexibility index (Phi) is 3.43. The molecule has 0 bridgehead atoms. The zero-order chi connectivity index (χ0) is 17.1. The van der Waals surface area contributed by atoms with Crippen molar-refractivity contribution in [2.75, 3.05) is 7.05 Å². The molecule has 2 aromatic heterocycles. The third-order valence-electron chi connectivity index (χ3n) is 4.90. The van der Waals surface area contributed by atoms with Crippen molar-refractivity contribution in [3.05, 3.63) is 29.6 Å². The second-order valence-electron chi connectivity index (χ2n) is 6.52. The summed E-state index contributed by atoms with van der Waals surface area (Å²) < 4.78 is 29.0. The maximum Gasteiger partial charge on any atom is 0.253 e. The first-order valence-electron chi connectivity index (χ1n) is 8.14. The quantitative estimate of drug-likeness (QED) is 0.900. The van der Waals surface area contributed by atoms with E-state index < -0.39 is 10.0 Å². The molecule has 2 aliphatic rings. The van der Waals surface area contributed by atoms with Crippen LogP contribution in [0, 0.1) is 0 Å². The number of nitrogens with zero attached hydrogens (tertiary/aromatic N) is 3. The fourth-order valence-electron chi connectivity index (χ4n) is 3.52. The number of hydrogen-bond acceptors (Lipinski definition) is 4. The first-order chi connectivity index (χ1) is 11.4. The summed E-state index contributed by atoms with van der Waals surface area (Å²) >= 11 is 0. The van der Waals surface area contributed by atoms with E-state index in [1.807, 2.05) is 17.6 Å². The van der Waals surface area contributed by atoms with Crippen LogP contribution in [0.15, 0.2) is 18.3 Å². The maximum atomic E-state index is 12.7. The van der Waals surface area contributed by atoms with Crippen LogP contribution in [0.1, 0.15) is 35.8 Å². The van der Waals surface area contributed by atoms with Crippen molar-refractivity contribution in [1.29, 1.82) is 0 Å². The van der Waals surface area contributed by atoms with Crippen LogP contribution in [0.3, 0.4) is 0 Å². The monoisotopic (exact) mass is 348 g/mol. The molecule has 1 saturated carbocycles. The smallest absolute Gasteiger partial charge is 0.253 e. The summed E-state index contributed by atoms with van der Waals surface area (Å²) in [6, 6.07) is 3.50. The second-order valence-corrected chi connectivity index (χ2v) is 8.69. The standard InChI is InChI=1S/C16H20N4O3S/c1-10-8-19-13(9-20(10)24(22,23)11-5-6-11)14(16(21)17-2)12-4-3-7-18-15(12)19/h3-4,7,10-11H,5-6,8-9H2,1-2H3,(H,17,21). The first kappa shape index (κ1) is 15.6. The SMILES string of the molecule is CNC(=O)c1c2n(c3ncccc13)CC(C)N(S(=O)(=O)C1CC1)C2. The Morgan fingerprint density at radius 2 is 2.12 bits per heavy atom. The Bertz CT molecular complexity index is 930. The topological polar surface area (TPSA) is 84.3 Å². The molecule has 1 atom stereocenters. The lowest BCUT2D eigenvalue weighted by atomic mass is 10.1. The summed E-state index contributed by atoms with van der Waals surface area (Å²) in [6.07, 6.45) is 3.16. The van der Waals surface area contributed by atoms with Crippen molar-refractivity contribution in [2.24, 2.45) is 0 Å². The van der Waals surface area contributed by atoms with E-state index in [4.69, 9.17) is 0 Å². The van der Waals surface area contributed by atoms with Gasteiger partial charge >= 0.3 is 0 Å². The molecule has 0 saturated heterocycles. The second kappa shape index (κ2) is 5.29. The van der Waals surface area contributed by atoms with Crippen LogP contribution in [0.25, 0.3) is 11.0 Å². The van der Waals surface area contributed by atoms with Crippen LogP contribution in [0.5, 0.6) is 0 Å². The van der Waals surface area contributed by atoms with Gasteiger partial charge in [-0.2, -0.15) is 4.31 Å². The summed E-state index contributed by atoms with van der Waals surface area (Å²) in [5, 5.41) is 3.18. The lowest BCUT2D eigenvalue weighted by molar-refractivity contribution is 0.0961. The number of carbonyl (C=O) groups excluding carboxylic acids is 1. The molecule has 0 spiro atoms. The molecule has 1 unspecified atom stereocenters. The molecule has 3 heterocycles. The van der Waals surface area contributed by atoms with E-state index in [9.17, 15) is 13.2 Å². The first-order valence-corrected chi connectivity index (χ1v) is 9.64. The molecule has 0 aromatic carbocycles. The number of fused-ring (bicyclic) bond motifs is 3. The zero-order valence-electron chi connectivity index (χ0n) is 13.7. The van der Waals surface area contributed by atoms with Crippen molar-refractivity contribution in [3.63, 3.8) is 0 Å². The van der Waals surface area contributed by atoms with Crippen LogP contribution < -0.4 is 5.32 Å². The van der Waals surface area contributed by atoms with Gasteiger partial charge in [0.1, 0.15) is 5.65 Å². The van der Waals surface area contributed by atoms with Gasteiger partial charge in [-0.05, 0) is 31.9 Å². The lowest BCUT2D eigenvalue weighted by Gasteiger charge is -2.34. The van der Waals surface area contributed by atoms with E-state index in [1.54, 1.807) is 23.6 Å². The molecule has 1 aliphatic carbocycles. The fraction of sp³-hybridized carbons (Fsp3) is 0.500. The molecule has 1 amide bonds. The molecule has 1 N–H and O–H groups in total. The van der Waals surface area contributed by atoms with E-state index >= 15 is 0 Å². The summed E-state index contributed by atoms with van der Waals surface area (Å²) in [7, 11) is -1.72. The largest absolute Gasteiger partial charge is 0.355 e. The van der Waals surface area contributed by atoms with Gasteiger partial charge in [-0.15, -0.1) is 0 Å².